The number of hydrogen-bond acceptors (Lipinski definition) is 4. The standard InChI is InChI=1S/C9H12O4/c1-6-5-8(13-9(6)11)3-4-12-7(2)10/h8H,1,3-5H2,2H3. The van der Waals surface area contributed by atoms with E-state index < -0.39 is 0 Å². The van der Waals surface area contributed by atoms with Crippen molar-refractivity contribution in [1.82, 2.24) is 0 Å². The van der Waals surface area contributed by atoms with E-state index >= 15 is 0 Å². The molecule has 72 valence electrons. The van der Waals surface area contributed by atoms with Crippen LogP contribution in [0.5, 0.6) is 0 Å². The summed E-state index contributed by atoms with van der Waals surface area (Å²) in [6, 6.07) is 0. The maximum absolute atomic E-state index is 10.9. The molecule has 1 unspecified atom stereocenters. The summed E-state index contributed by atoms with van der Waals surface area (Å²) in [5.74, 6) is -0.657. The van der Waals surface area contributed by atoms with Gasteiger partial charge in [-0.25, -0.2) is 4.79 Å². The van der Waals surface area contributed by atoms with Crippen molar-refractivity contribution in [3.63, 3.8) is 0 Å². The highest BCUT2D eigenvalue weighted by Gasteiger charge is 2.26. The molecule has 0 aliphatic carbocycles. The maximum atomic E-state index is 10.9. The van der Waals surface area contributed by atoms with Gasteiger partial charge in [0.25, 0.3) is 0 Å². The summed E-state index contributed by atoms with van der Waals surface area (Å²) in [5.41, 5.74) is 0.493. The lowest BCUT2D eigenvalue weighted by Gasteiger charge is -2.07. The molecule has 1 heterocycles. The summed E-state index contributed by atoms with van der Waals surface area (Å²) < 4.78 is 9.64. The monoisotopic (exact) mass is 184 g/mol. The van der Waals surface area contributed by atoms with Crippen molar-refractivity contribution in [2.24, 2.45) is 0 Å². The van der Waals surface area contributed by atoms with E-state index in [4.69, 9.17) is 9.47 Å². The Labute approximate surface area is 76.5 Å². The molecule has 0 amide bonds. The Hall–Kier alpha value is -1.32. The number of carbonyl (C=O) groups is 2. The van der Waals surface area contributed by atoms with Gasteiger partial charge >= 0.3 is 11.9 Å². The number of cyclic esters (lactones) is 1. The lowest BCUT2D eigenvalue weighted by molar-refractivity contribution is -0.143. The van der Waals surface area contributed by atoms with E-state index in [0.717, 1.165) is 0 Å². The van der Waals surface area contributed by atoms with Crippen LogP contribution in [0.15, 0.2) is 12.2 Å². The fourth-order valence-corrected chi connectivity index (χ4v) is 1.13. The van der Waals surface area contributed by atoms with E-state index in [0.29, 0.717) is 25.0 Å². The molecule has 13 heavy (non-hydrogen) atoms. The van der Waals surface area contributed by atoms with Crippen LogP contribution in [0.1, 0.15) is 19.8 Å². The van der Waals surface area contributed by atoms with E-state index in [1.165, 1.54) is 6.92 Å². The number of carbonyl (C=O) groups excluding carboxylic acids is 2. The average Bonchev–Trinajstić information content (AvgIpc) is 2.30. The second kappa shape index (κ2) is 4.07. The number of hydrogen-bond donors (Lipinski definition) is 0. The van der Waals surface area contributed by atoms with Crippen LogP contribution in [-0.4, -0.2) is 24.6 Å². The van der Waals surface area contributed by atoms with E-state index in [9.17, 15) is 9.59 Å². The van der Waals surface area contributed by atoms with Gasteiger partial charge < -0.3 is 9.47 Å². The van der Waals surface area contributed by atoms with Crippen molar-refractivity contribution < 1.29 is 19.1 Å². The molecule has 1 atom stereocenters. The van der Waals surface area contributed by atoms with Crippen LogP contribution in [0.3, 0.4) is 0 Å². The van der Waals surface area contributed by atoms with Gasteiger partial charge in [0.15, 0.2) is 0 Å². The first-order valence-corrected chi connectivity index (χ1v) is 4.11. The Morgan fingerprint density at radius 2 is 2.46 bits per heavy atom. The van der Waals surface area contributed by atoms with Crippen LogP contribution in [0.2, 0.25) is 0 Å². The highest BCUT2D eigenvalue weighted by atomic mass is 16.6. The van der Waals surface area contributed by atoms with E-state index in [2.05, 4.69) is 6.58 Å². The van der Waals surface area contributed by atoms with Gasteiger partial charge in [0, 0.05) is 25.3 Å². The summed E-state index contributed by atoms with van der Waals surface area (Å²) in [4.78, 5) is 21.3. The van der Waals surface area contributed by atoms with Crippen molar-refractivity contribution in [2.75, 3.05) is 6.61 Å². The molecule has 0 aromatic carbocycles. The largest absolute Gasteiger partial charge is 0.466 e. The van der Waals surface area contributed by atoms with E-state index in [1.807, 2.05) is 0 Å². The fraction of sp³-hybridized carbons (Fsp3) is 0.556. The zero-order valence-corrected chi connectivity index (χ0v) is 7.54. The first-order chi connectivity index (χ1) is 6.09. The minimum Gasteiger partial charge on any atom is -0.466 e. The van der Waals surface area contributed by atoms with Gasteiger partial charge in [-0.3, -0.25) is 4.79 Å². The van der Waals surface area contributed by atoms with Gasteiger partial charge in [0.1, 0.15) is 6.10 Å². The fourth-order valence-electron chi connectivity index (χ4n) is 1.13. The molecular formula is C9H12O4. The second-order valence-corrected chi connectivity index (χ2v) is 2.96. The molecule has 0 bridgehead atoms. The predicted octanol–water partition coefficient (Wildman–Crippen LogP) is 0.811. The molecule has 4 nitrogen and oxygen atoms in total. The highest BCUT2D eigenvalue weighted by Crippen LogP contribution is 2.20. The van der Waals surface area contributed by atoms with Crippen molar-refractivity contribution in [3.05, 3.63) is 12.2 Å². The summed E-state index contributed by atoms with van der Waals surface area (Å²) in [7, 11) is 0. The first kappa shape index (κ1) is 9.77. The normalized spacial score (nSPS) is 21.5. The summed E-state index contributed by atoms with van der Waals surface area (Å²) in [5, 5.41) is 0. The third-order valence-electron chi connectivity index (χ3n) is 1.78. The van der Waals surface area contributed by atoms with Crippen molar-refractivity contribution >= 4 is 11.9 Å². The Morgan fingerprint density at radius 1 is 1.77 bits per heavy atom. The van der Waals surface area contributed by atoms with Crippen LogP contribution in [0.25, 0.3) is 0 Å². The number of ether oxygens (including phenoxy) is 2. The minimum atomic E-state index is -0.340. The van der Waals surface area contributed by atoms with Gasteiger partial charge in [-0.2, -0.15) is 0 Å². The first-order valence-electron chi connectivity index (χ1n) is 4.11. The van der Waals surface area contributed by atoms with E-state index in [-0.39, 0.29) is 18.0 Å². The van der Waals surface area contributed by atoms with Crippen molar-refractivity contribution in [3.8, 4) is 0 Å². The number of esters is 2. The zero-order valence-electron chi connectivity index (χ0n) is 7.54. The van der Waals surface area contributed by atoms with Crippen LogP contribution >= 0.6 is 0 Å². The van der Waals surface area contributed by atoms with Gasteiger partial charge in [-0.05, 0) is 0 Å². The molecule has 0 N–H and O–H groups in total. The second-order valence-electron chi connectivity index (χ2n) is 2.96. The van der Waals surface area contributed by atoms with Crippen LogP contribution < -0.4 is 0 Å². The Bertz CT molecular complexity index is 228. The van der Waals surface area contributed by atoms with Crippen LogP contribution in [0, 0.1) is 0 Å². The molecule has 1 aliphatic rings. The predicted molar refractivity (Wildman–Crippen MR) is 44.9 cm³/mol. The molecule has 1 aliphatic heterocycles. The topological polar surface area (TPSA) is 52.6 Å². The molecule has 1 saturated heterocycles. The summed E-state index contributed by atoms with van der Waals surface area (Å²) >= 11 is 0. The molecule has 0 radical (unpaired) electrons. The third kappa shape index (κ3) is 2.89. The molecule has 0 aromatic rings. The molecule has 0 saturated carbocycles. The van der Waals surface area contributed by atoms with Gasteiger partial charge in [0.2, 0.25) is 0 Å². The lowest BCUT2D eigenvalue weighted by Crippen LogP contribution is -2.11. The Balaban J connectivity index is 2.21. The third-order valence-corrected chi connectivity index (χ3v) is 1.78. The molecule has 0 aromatic heterocycles. The molecular weight excluding hydrogens is 172 g/mol. The van der Waals surface area contributed by atoms with Crippen molar-refractivity contribution in [1.29, 1.82) is 0 Å². The molecule has 1 fully saturated rings. The Morgan fingerprint density at radius 3 is 2.92 bits per heavy atom. The summed E-state index contributed by atoms with van der Waals surface area (Å²) in [6.07, 6.45) is 0.920. The van der Waals surface area contributed by atoms with Crippen LogP contribution in [0.4, 0.5) is 0 Å². The zero-order chi connectivity index (χ0) is 9.84. The minimum absolute atomic E-state index is 0.167. The highest BCUT2D eigenvalue weighted by molar-refractivity contribution is 5.89. The number of rotatable bonds is 3. The van der Waals surface area contributed by atoms with E-state index in [1.54, 1.807) is 0 Å². The maximum Gasteiger partial charge on any atom is 0.333 e. The Kier molecular flexibility index (Phi) is 3.06. The smallest absolute Gasteiger partial charge is 0.333 e. The molecule has 1 rings (SSSR count). The van der Waals surface area contributed by atoms with Gasteiger partial charge in [-0.15, -0.1) is 0 Å². The quantitative estimate of drug-likeness (QED) is 0.481. The van der Waals surface area contributed by atoms with Crippen LogP contribution in [-0.2, 0) is 19.1 Å². The molecule has 0 spiro atoms. The SMILES string of the molecule is C=C1CC(CCOC(C)=O)OC1=O. The summed E-state index contributed by atoms with van der Waals surface area (Å²) in [6.45, 7) is 5.19. The molecule has 4 heteroatoms. The lowest BCUT2D eigenvalue weighted by atomic mass is 10.1. The van der Waals surface area contributed by atoms with Crippen molar-refractivity contribution in [2.45, 2.75) is 25.9 Å². The van der Waals surface area contributed by atoms with Gasteiger partial charge in [0.05, 0.1) is 6.61 Å². The van der Waals surface area contributed by atoms with Gasteiger partial charge in [-0.1, -0.05) is 6.58 Å². The average molecular weight is 184 g/mol.